The van der Waals surface area contributed by atoms with Gasteiger partial charge in [0.1, 0.15) is 0 Å². The Balaban J connectivity index is 1.55. The molecule has 1 aliphatic carbocycles. The number of rotatable bonds is 11. The van der Waals surface area contributed by atoms with Crippen LogP contribution in [0, 0.1) is 11.8 Å². The molecule has 1 aliphatic heterocycles. The van der Waals surface area contributed by atoms with E-state index in [1.165, 1.54) is 12.1 Å². The van der Waals surface area contributed by atoms with E-state index in [0.717, 1.165) is 24.5 Å². The number of nitrogens with one attached hydrogen (secondary N) is 2. The summed E-state index contributed by atoms with van der Waals surface area (Å²) in [6, 6.07) is 11.4. The molecular weight excluding hydrogens is 603 g/mol. The maximum Gasteiger partial charge on any atom is 0.416 e. The van der Waals surface area contributed by atoms with Gasteiger partial charge in [0.15, 0.2) is 0 Å². The van der Waals surface area contributed by atoms with E-state index in [-0.39, 0.29) is 48.6 Å². The molecule has 2 aliphatic rings. The highest BCUT2D eigenvalue weighted by molar-refractivity contribution is 6.30. The van der Waals surface area contributed by atoms with Crippen LogP contribution in [0.3, 0.4) is 0 Å². The van der Waals surface area contributed by atoms with E-state index in [1.54, 1.807) is 0 Å². The van der Waals surface area contributed by atoms with E-state index >= 15 is 0 Å². The number of hydrogen-bond donors (Lipinski definition) is 3. The summed E-state index contributed by atoms with van der Waals surface area (Å²) >= 11 is 6.15. The number of alkyl halides is 3. The van der Waals surface area contributed by atoms with Crippen LogP contribution < -0.4 is 21.3 Å². The predicted octanol–water partition coefficient (Wildman–Crippen LogP) is 6.12. The molecular formula is C34H47ClF3N5O2. The van der Waals surface area contributed by atoms with Gasteiger partial charge in [-0.3, -0.25) is 9.59 Å². The zero-order valence-electron chi connectivity index (χ0n) is 26.7. The zero-order valence-corrected chi connectivity index (χ0v) is 27.4. The summed E-state index contributed by atoms with van der Waals surface area (Å²) < 4.78 is 41.5. The van der Waals surface area contributed by atoms with Gasteiger partial charge in [-0.25, -0.2) is 0 Å². The summed E-state index contributed by atoms with van der Waals surface area (Å²) in [6.45, 7) is 10.2. The summed E-state index contributed by atoms with van der Waals surface area (Å²) in [4.78, 5) is 30.5. The monoisotopic (exact) mass is 649 g/mol. The fraction of sp³-hybridized carbons (Fsp3) is 0.588. The molecule has 2 unspecified atom stereocenters. The third-order valence-corrected chi connectivity index (χ3v) is 9.08. The van der Waals surface area contributed by atoms with Crippen LogP contribution in [0.2, 0.25) is 5.02 Å². The van der Waals surface area contributed by atoms with Crippen LogP contribution in [0.25, 0.3) is 0 Å². The molecule has 4 atom stereocenters. The van der Waals surface area contributed by atoms with Crippen molar-refractivity contribution in [2.24, 2.45) is 17.6 Å². The molecule has 45 heavy (non-hydrogen) atoms. The number of piperazine rings is 1. The molecule has 0 radical (unpaired) electrons. The van der Waals surface area contributed by atoms with Gasteiger partial charge in [-0.2, -0.15) is 13.2 Å². The highest BCUT2D eigenvalue weighted by Crippen LogP contribution is 2.42. The Labute approximate surface area is 270 Å². The molecule has 0 bridgehead atoms. The highest BCUT2D eigenvalue weighted by Gasteiger charge is 2.42. The predicted molar refractivity (Wildman–Crippen MR) is 173 cm³/mol. The topological polar surface area (TPSA) is 90.7 Å². The van der Waals surface area contributed by atoms with Crippen molar-refractivity contribution in [1.82, 2.24) is 15.5 Å². The van der Waals surface area contributed by atoms with Crippen molar-refractivity contribution in [2.45, 2.75) is 83.6 Å². The first kappa shape index (κ1) is 35.0. The molecule has 2 aromatic carbocycles. The molecule has 2 amide bonds. The Hall–Kier alpha value is -2.82. The van der Waals surface area contributed by atoms with Crippen LogP contribution in [-0.4, -0.2) is 61.5 Å². The summed E-state index contributed by atoms with van der Waals surface area (Å²) in [5.41, 5.74) is 7.01. The number of benzene rings is 2. The van der Waals surface area contributed by atoms with Crippen molar-refractivity contribution in [1.29, 1.82) is 0 Å². The average Bonchev–Trinajstić information content (AvgIpc) is 3.39. The van der Waals surface area contributed by atoms with Crippen molar-refractivity contribution in [2.75, 3.05) is 37.6 Å². The van der Waals surface area contributed by atoms with Crippen molar-refractivity contribution < 1.29 is 22.8 Å². The van der Waals surface area contributed by atoms with E-state index in [2.05, 4.69) is 24.5 Å². The molecule has 1 saturated heterocycles. The first-order valence-electron chi connectivity index (χ1n) is 16.0. The smallest absolute Gasteiger partial charge is 0.368 e. The largest absolute Gasteiger partial charge is 0.416 e. The molecule has 1 saturated carbocycles. The number of halogens is 4. The van der Waals surface area contributed by atoms with Crippen molar-refractivity contribution in [3.05, 3.63) is 64.2 Å². The van der Waals surface area contributed by atoms with Gasteiger partial charge in [0.05, 0.1) is 11.6 Å². The lowest BCUT2D eigenvalue weighted by molar-refractivity contribution is -0.138. The molecule has 1 heterocycles. The van der Waals surface area contributed by atoms with E-state index < -0.39 is 17.8 Å². The van der Waals surface area contributed by atoms with Crippen molar-refractivity contribution in [3.8, 4) is 0 Å². The number of amides is 2. The quantitative estimate of drug-likeness (QED) is 0.273. The second kappa shape index (κ2) is 15.2. The Morgan fingerprint density at radius 1 is 1.00 bits per heavy atom. The molecule has 0 aromatic heterocycles. The molecule has 11 heteroatoms. The molecule has 248 valence electrons. The van der Waals surface area contributed by atoms with Gasteiger partial charge < -0.3 is 26.2 Å². The van der Waals surface area contributed by atoms with Gasteiger partial charge in [0, 0.05) is 67.9 Å². The summed E-state index contributed by atoms with van der Waals surface area (Å²) in [5, 5.41) is 7.21. The lowest BCUT2D eigenvalue weighted by Gasteiger charge is -2.39. The fourth-order valence-corrected chi connectivity index (χ4v) is 6.96. The van der Waals surface area contributed by atoms with Gasteiger partial charge in [-0.15, -0.1) is 0 Å². The van der Waals surface area contributed by atoms with Gasteiger partial charge in [0.25, 0.3) is 0 Å². The first-order valence-corrected chi connectivity index (χ1v) is 16.4. The fourth-order valence-electron chi connectivity index (χ4n) is 6.83. The molecule has 4 N–H and O–H groups in total. The maximum atomic E-state index is 14.0. The first-order chi connectivity index (χ1) is 21.3. The van der Waals surface area contributed by atoms with E-state index in [4.69, 9.17) is 17.3 Å². The minimum Gasteiger partial charge on any atom is -0.368 e. The Bertz CT molecular complexity index is 1300. The summed E-state index contributed by atoms with van der Waals surface area (Å²) in [6.07, 6.45) is -2.35. The average molecular weight is 650 g/mol. The second-order valence-corrected chi connectivity index (χ2v) is 13.6. The minimum absolute atomic E-state index is 0.0690. The Morgan fingerprint density at radius 3 is 2.24 bits per heavy atom. The van der Waals surface area contributed by atoms with Crippen LogP contribution >= 0.6 is 11.6 Å². The minimum atomic E-state index is -4.52. The van der Waals surface area contributed by atoms with Gasteiger partial charge in [-0.1, -0.05) is 51.4 Å². The third kappa shape index (κ3) is 9.14. The molecule has 0 spiro atoms. The van der Waals surface area contributed by atoms with E-state index in [9.17, 15) is 22.8 Å². The summed E-state index contributed by atoms with van der Waals surface area (Å²) in [7, 11) is 0. The van der Waals surface area contributed by atoms with Crippen LogP contribution in [0.4, 0.5) is 18.9 Å². The normalized spacial score (nSPS) is 21.4. The zero-order chi connectivity index (χ0) is 32.9. The van der Waals surface area contributed by atoms with Crippen molar-refractivity contribution >= 4 is 29.1 Å². The third-order valence-electron chi connectivity index (χ3n) is 8.82. The number of carbonyl (C=O) groups is 2. The van der Waals surface area contributed by atoms with Gasteiger partial charge >= 0.3 is 6.18 Å². The van der Waals surface area contributed by atoms with Crippen LogP contribution in [0.5, 0.6) is 0 Å². The van der Waals surface area contributed by atoms with E-state index in [0.29, 0.717) is 54.9 Å². The second-order valence-electron chi connectivity index (χ2n) is 13.1. The van der Waals surface area contributed by atoms with Gasteiger partial charge in [0.2, 0.25) is 11.8 Å². The molecule has 7 nitrogen and oxygen atoms in total. The number of hydrogen-bond acceptors (Lipinski definition) is 5. The standard InChI is InChI=1S/C34H47ClF3N5O2/c1-21(2)17-30(41-32(44)11-12-39)29-18-24(34(36,37)38)7-10-31(29)42-13-15-43(16-14-42)33(45)28-20-26(40-22(3)4)19-27(28)23-5-8-25(35)9-6-23/h5-10,18,21-22,26-28,30,40H,11-17,19-20,39H2,1-4H3,(H,41,44)/t26?,27-,28+,30?/m1/s1. The molecule has 4 rings (SSSR count). The van der Waals surface area contributed by atoms with Gasteiger partial charge in [-0.05, 0) is 72.6 Å². The summed E-state index contributed by atoms with van der Waals surface area (Å²) in [5.74, 6) is -0.164. The molecule has 2 aromatic rings. The van der Waals surface area contributed by atoms with Crippen LogP contribution in [-0.2, 0) is 15.8 Å². The van der Waals surface area contributed by atoms with Crippen LogP contribution in [0.15, 0.2) is 42.5 Å². The van der Waals surface area contributed by atoms with Crippen molar-refractivity contribution in [3.63, 3.8) is 0 Å². The molecule has 2 fully saturated rings. The number of carbonyl (C=O) groups excluding carboxylic acids is 2. The Morgan fingerprint density at radius 2 is 1.67 bits per heavy atom. The van der Waals surface area contributed by atoms with E-state index in [1.807, 2.05) is 47.9 Å². The number of anilines is 1. The number of nitrogens with zero attached hydrogens (tertiary/aromatic N) is 2. The lowest BCUT2D eigenvalue weighted by atomic mass is 9.87. The maximum absolute atomic E-state index is 14.0. The lowest BCUT2D eigenvalue weighted by Crippen LogP contribution is -2.51. The van der Waals surface area contributed by atoms with Crippen LogP contribution in [0.1, 0.15) is 82.0 Å². The highest BCUT2D eigenvalue weighted by atomic mass is 35.5. The number of nitrogens with two attached hydrogens (primary N) is 1. The Kier molecular flexibility index (Phi) is 11.8. The SMILES string of the molecule is CC(C)CC(NC(=O)CCN)c1cc(C(F)(F)F)ccc1N1CCN(C(=O)[C@H]2CC(NC(C)C)C[C@@H]2c2ccc(Cl)cc2)CC1.